The summed E-state index contributed by atoms with van der Waals surface area (Å²) in [5.41, 5.74) is 0. The van der Waals surface area contributed by atoms with Crippen LogP contribution < -0.4 is 5.32 Å². The fourth-order valence-electron chi connectivity index (χ4n) is 0.884. The van der Waals surface area contributed by atoms with E-state index in [4.69, 9.17) is 4.74 Å². The van der Waals surface area contributed by atoms with Crippen LogP contribution in [0.2, 0.25) is 0 Å². The van der Waals surface area contributed by atoms with Gasteiger partial charge in [-0.25, -0.2) is 8.78 Å². The van der Waals surface area contributed by atoms with Gasteiger partial charge in [-0.1, -0.05) is 13.3 Å². The Kier molecular flexibility index (Phi) is 9.13. The summed E-state index contributed by atoms with van der Waals surface area (Å²) in [4.78, 5) is 0. The summed E-state index contributed by atoms with van der Waals surface area (Å²) in [5.74, 6) is 0. The first-order chi connectivity index (χ1) is 6.66. The van der Waals surface area contributed by atoms with Gasteiger partial charge >= 0.3 is 0 Å². The topological polar surface area (TPSA) is 41.5 Å². The molecule has 0 aromatic rings. The number of ether oxygens (including phenoxy) is 1. The van der Waals surface area contributed by atoms with Gasteiger partial charge < -0.3 is 15.2 Å². The quantitative estimate of drug-likeness (QED) is 0.559. The normalized spacial score (nSPS) is 13.5. The van der Waals surface area contributed by atoms with Crippen LogP contribution in [-0.4, -0.2) is 43.9 Å². The Morgan fingerprint density at radius 2 is 2.07 bits per heavy atom. The Bertz CT molecular complexity index is 125. The number of hydrogen-bond donors (Lipinski definition) is 2. The number of aliphatic hydroxyl groups is 1. The number of unbranched alkanes of at least 4 members (excludes halogenated alkanes) is 1. The summed E-state index contributed by atoms with van der Waals surface area (Å²) in [6.45, 7) is 2.63. The highest BCUT2D eigenvalue weighted by molar-refractivity contribution is 4.58. The van der Waals surface area contributed by atoms with Crippen molar-refractivity contribution in [3.8, 4) is 0 Å². The van der Waals surface area contributed by atoms with Crippen LogP contribution >= 0.6 is 0 Å². The van der Waals surface area contributed by atoms with Crippen molar-refractivity contribution in [2.24, 2.45) is 0 Å². The molecule has 0 spiro atoms. The number of rotatable bonds is 9. The molecule has 0 radical (unpaired) electrons. The van der Waals surface area contributed by atoms with E-state index in [9.17, 15) is 13.9 Å². The van der Waals surface area contributed by atoms with E-state index in [0.717, 1.165) is 12.8 Å². The Hall–Kier alpha value is -0.260. The maximum atomic E-state index is 11.7. The molecule has 0 aromatic carbocycles. The Morgan fingerprint density at radius 3 is 2.64 bits per heavy atom. The largest absolute Gasteiger partial charge is 0.389 e. The van der Waals surface area contributed by atoms with Crippen molar-refractivity contribution in [2.45, 2.75) is 32.3 Å². The van der Waals surface area contributed by atoms with Crippen molar-refractivity contribution in [3.05, 3.63) is 0 Å². The van der Waals surface area contributed by atoms with Crippen LogP contribution in [0.15, 0.2) is 0 Å². The van der Waals surface area contributed by atoms with Crippen molar-refractivity contribution >= 4 is 0 Å². The van der Waals surface area contributed by atoms with Crippen molar-refractivity contribution < 1.29 is 18.6 Å². The second-order valence-corrected chi connectivity index (χ2v) is 3.13. The lowest BCUT2D eigenvalue weighted by Crippen LogP contribution is -2.33. The van der Waals surface area contributed by atoms with Crippen LogP contribution in [0.1, 0.15) is 19.8 Å². The molecule has 0 bridgehead atoms. The molecule has 0 aromatic heterocycles. The monoisotopic (exact) mass is 211 g/mol. The summed E-state index contributed by atoms with van der Waals surface area (Å²) < 4.78 is 28.4. The number of hydrogen-bond acceptors (Lipinski definition) is 3. The van der Waals surface area contributed by atoms with Crippen molar-refractivity contribution in [1.29, 1.82) is 0 Å². The van der Waals surface area contributed by atoms with Gasteiger partial charge in [-0.2, -0.15) is 0 Å². The predicted molar refractivity (Wildman–Crippen MR) is 50.6 cm³/mol. The van der Waals surface area contributed by atoms with E-state index in [-0.39, 0.29) is 19.7 Å². The molecule has 86 valence electrons. The molecule has 0 aliphatic heterocycles. The summed E-state index contributed by atoms with van der Waals surface area (Å²) in [5, 5.41) is 11.7. The molecular formula is C9H19F2NO2. The highest BCUT2D eigenvalue weighted by atomic mass is 19.3. The second-order valence-electron chi connectivity index (χ2n) is 3.13. The molecule has 14 heavy (non-hydrogen) atoms. The lowest BCUT2D eigenvalue weighted by Gasteiger charge is -2.11. The molecule has 0 heterocycles. The summed E-state index contributed by atoms with van der Waals surface area (Å²) >= 11 is 0. The average Bonchev–Trinajstić information content (AvgIpc) is 2.12. The van der Waals surface area contributed by atoms with E-state index >= 15 is 0 Å². The molecule has 0 rings (SSSR count). The summed E-state index contributed by atoms with van der Waals surface area (Å²) in [6.07, 6.45) is -1.08. The average molecular weight is 211 g/mol. The highest BCUT2D eigenvalue weighted by Gasteiger charge is 2.06. The van der Waals surface area contributed by atoms with Crippen molar-refractivity contribution in [2.75, 3.05) is 26.3 Å². The first-order valence-electron chi connectivity index (χ1n) is 4.91. The van der Waals surface area contributed by atoms with Crippen molar-refractivity contribution in [3.63, 3.8) is 0 Å². The molecule has 1 unspecified atom stereocenters. The standard InChI is InChI=1S/C9H19F2NO2/c1-2-3-4-14-7-8(13)5-12-6-9(10)11/h8-9,12-13H,2-7H2,1H3. The Morgan fingerprint density at radius 1 is 1.36 bits per heavy atom. The SMILES string of the molecule is CCCCOCC(O)CNCC(F)F. The van der Waals surface area contributed by atoms with E-state index < -0.39 is 12.5 Å². The zero-order valence-electron chi connectivity index (χ0n) is 8.51. The number of alkyl halides is 2. The van der Waals surface area contributed by atoms with Crippen LogP contribution in [0.5, 0.6) is 0 Å². The van der Waals surface area contributed by atoms with Gasteiger partial charge in [-0.3, -0.25) is 0 Å². The minimum Gasteiger partial charge on any atom is -0.389 e. The maximum absolute atomic E-state index is 11.7. The van der Waals surface area contributed by atoms with Crippen LogP contribution in [0.25, 0.3) is 0 Å². The van der Waals surface area contributed by atoms with Gasteiger partial charge in [-0.15, -0.1) is 0 Å². The minimum atomic E-state index is -2.37. The molecule has 0 amide bonds. The molecule has 0 aliphatic carbocycles. The van der Waals surface area contributed by atoms with Gasteiger partial charge in [0, 0.05) is 13.2 Å². The van der Waals surface area contributed by atoms with E-state index in [0.29, 0.717) is 6.61 Å². The molecule has 0 saturated heterocycles. The van der Waals surface area contributed by atoms with Crippen LogP contribution in [0.4, 0.5) is 8.78 Å². The fraction of sp³-hybridized carbons (Fsp3) is 1.00. The number of nitrogens with one attached hydrogen (secondary N) is 1. The zero-order chi connectivity index (χ0) is 10.8. The van der Waals surface area contributed by atoms with Gasteiger partial charge in [0.15, 0.2) is 0 Å². The number of aliphatic hydroxyl groups excluding tert-OH is 1. The summed E-state index contributed by atoms with van der Waals surface area (Å²) in [7, 11) is 0. The van der Waals surface area contributed by atoms with Gasteiger partial charge in [0.25, 0.3) is 6.43 Å². The predicted octanol–water partition coefficient (Wildman–Crippen LogP) is 1.02. The third-order valence-electron chi connectivity index (χ3n) is 1.63. The fourth-order valence-corrected chi connectivity index (χ4v) is 0.884. The van der Waals surface area contributed by atoms with Crippen LogP contribution in [-0.2, 0) is 4.74 Å². The van der Waals surface area contributed by atoms with E-state index in [1.54, 1.807) is 0 Å². The molecule has 3 nitrogen and oxygen atoms in total. The third-order valence-corrected chi connectivity index (χ3v) is 1.63. The van der Waals surface area contributed by atoms with Gasteiger partial charge in [0.1, 0.15) is 0 Å². The number of halogens is 2. The zero-order valence-corrected chi connectivity index (χ0v) is 8.51. The highest BCUT2D eigenvalue weighted by Crippen LogP contribution is 1.91. The van der Waals surface area contributed by atoms with Crippen molar-refractivity contribution in [1.82, 2.24) is 5.32 Å². The van der Waals surface area contributed by atoms with Gasteiger partial charge in [-0.05, 0) is 6.42 Å². The molecule has 0 fully saturated rings. The second kappa shape index (κ2) is 9.30. The van der Waals surface area contributed by atoms with Gasteiger partial charge in [0.2, 0.25) is 0 Å². The van der Waals surface area contributed by atoms with E-state index in [1.807, 2.05) is 6.92 Å². The smallest absolute Gasteiger partial charge is 0.250 e. The molecule has 5 heteroatoms. The van der Waals surface area contributed by atoms with Crippen LogP contribution in [0, 0.1) is 0 Å². The Balaban J connectivity index is 3.15. The lowest BCUT2D eigenvalue weighted by atomic mass is 10.3. The molecular weight excluding hydrogens is 192 g/mol. The third kappa shape index (κ3) is 9.83. The molecule has 0 saturated carbocycles. The maximum Gasteiger partial charge on any atom is 0.250 e. The molecule has 2 N–H and O–H groups in total. The molecule has 1 atom stereocenters. The first-order valence-corrected chi connectivity index (χ1v) is 4.91. The van der Waals surface area contributed by atoms with E-state index in [2.05, 4.69) is 5.32 Å². The van der Waals surface area contributed by atoms with Gasteiger partial charge in [0.05, 0.1) is 19.3 Å². The molecule has 0 aliphatic rings. The van der Waals surface area contributed by atoms with E-state index in [1.165, 1.54) is 0 Å². The summed E-state index contributed by atoms with van der Waals surface area (Å²) in [6, 6.07) is 0. The Labute approximate surface area is 83.4 Å². The lowest BCUT2D eigenvalue weighted by molar-refractivity contribution is 0.0334. The first kappa shape index (κ1) is 13.7. The minimum absolute atomic E-state index is 0.149. The van der Waals surface area contributed by atoms with Crippen LogP contribution in [0.3, 0.4) is 0 Å².